The zero-order valence-electron chi connectivity index (χ0n) is 7.95. The van der Waals surface area contributed by atoms with Gasteiger partial charge in [-0.05, 0) is 24.5 Å². The summed E-state index contributed by atoms with van der Waals surface area (Å²) >= 11 is 1.89. The Bertz CT molecular complexity index is 320. The molecule has 2 heteroatoms. The Morgan fingerprint density at radius 1 is 1.54 bits per heavy atom. The van der Waals surface area contributed by atoms with E-state index in [1.165, 1.54) is 10.5 Å². The average molecular weight is 194 g/mol. The summed E-state index contributed by atoms with van der Waals surface area (Å²) in [5, 5.41) is 10.2. The number of aliphatic hydroxyl groups is 1. The van der Waals surface area contributed by atoms with Crippen LogP contribution in [0.15, 0.2) is 23.1 Å². The lowest BCUT2D eigenvalue weighted by molar-refractivity contribution is 0.196. The van der Waals surface area contributed by atoms with Gasteiger partial charge in [0, 0.05) is 10.1 Å². The molecule has 0 radical (unpaired) electrons. The highest BCUT2D eigenvalue weighted by Gasteiger charge is 2.22. The van der Waals surface area contributed by atoms with E-state index in [1.807, 2.05) is 30.8 Å². The SMILES string of the molecule is CC1Cc2cccc(C(C)O)c2S1. The van der Waals surface area contributed by atoms with Gasteiger partial charge in [-0.2, -0.15) is 0 Å². The maximum absolute atomic E-state index is 9.56. The molecule has 1 N–H and O–H groups in total. The van der Waals surface area contributed by atoms with E-state index in [0.717, 1.165) is 12.0 Å². The zero-order valence-corrected chi connectivity index (χ0v) is 8.77. The highest BCUT2D eigenvalue weighted by Crippen LogP contribution is 2.40. The van der Waals surface area contributed by atoms with Crippen molar-refractivity contribution in [2.45, 2.75) is 36.5 Å². The fraction of sp³-hybridized carbons (Fsp3) is 0.455. The van der Waals surface area contributed by atoms with Crippen LogP contribution in [0.3, 0.4) is 0 Å². The predicted molar refractivity (Wildman–Crippen MR) is 56.1 cm³/mol. The van der Waals surface area contributed by atoms with Crippen molar-refractivity contribution in [1.82, 2.24) is 0 Å². The van der Waals surface area contributed by atoms with Crippen LogP contribution in [-0.2, 0) is 6.42 Å². The summed E-state index contributed by atoms with van der Waals surface area (Å²) in [5.41, 5.74) is 2.49. The van der Waals surface area contributed by atoms with Crippen molar-refractivity contribution in [2.75, 3.05) is 0 Å². The standard InChI is InChI=1S/C11H14OS/c1-7-6-9-4-3-5-10(8(2)12)11(9)13-7/h3-5,7-8,12H,6H2,1-2H3. The van der Waals surface area contributed by atoms with Gasteiger partial charge in [0.2, 0.25) is 0 Å². The van der Waals surface area contributed by atoms with Crippen LogP contribution >= 0.6 is 11.8 Å². The van der Waals surface area contributed by atoms with Crippen LogP contribution in [-0.4, -0.2) is 10.4 Å². The van der Waals surface area contributed by atoms with Crippen molar-refractivity contribution in [3.05, 3.63) is 29.3 Å². The molecule has 0 aromatic heterocycles. The van der Waals surface area contributed by atoms with E-state index in [-0.39, 0.29) is 6.10 Å². The number of aliphatic hydroxyl groups excluding tert-OH is 1. The van der Waals surface area contributed by atoms with Crippen LogP contribution < -0.4 is 0 Å². The summed E-state index contributed by atoms with van der Waals surface area (Å²) in [5.74, 6) is 0. The van der Waals surface area contributed by atoms with Crippen LogP contribution in [0.4, 0.5) is 0 Å². The molecule has 1 aromatic rings. The summed E-state index contributed by atoms with van der Waals surface area (Å²) in [4.78, 5) is 1.31. The maximum atomic E-state index is 9.56. The van der Waals surface area contributed by atoms with E-state index < -0.39 is 0 Å². The largest absolute Gasteiger partial charge is 0.389 e. The lowest BCUT2D eigenvalue weighted by atomic mass is 10.0. The number of hydrogen-bond acceptors (Lipinski definition) is 2. The molecular formula is C11H14OS. The molecule has 0 spiro atoms. The molecular weight excluding hydrogens is 180 g/mol. The molecule has 0 aliphatic carbocycles. The minimum absolute atomic E-state index is 0.340. The first-order valence-corrected chi connectivity index (χ1v) is 5.53. The highest BCUT2D eigenvalue weighted by atomic mass is 32.2. The third-order valence-electron chi connectivity index (χ3n) is 2.40. The van der Waals surface area contributed by atoms with E-state index in [2.05, 4.69) is 13.0 Å². The molecule has 70 valence electrons. The molecule has 0 amide bonds. The van der Waals surface area contributed by atoms with Crippen molar-refractivity contribution >= 4 is 11.8 Å². The first kappa shape index (κ1) is 9.10. The van der Waals surface area contributed by atoms with Crippen molar-refractivity contribution in [3.63, 3.8) is 0 Å². The van der Waals surface area contributed by atoms with Gasteiger partial charge >= 0.3 is 0 Å². The van der Waals surface area contributed by atoms with Gasteiger partial charge in [-0.15, -0.1) is 11.8 Å². The Morgan fingerprint density at radius 3 is 3.00 bits per heavy atom. The van der Waals surface area contributed by atoms with Crippen LogP contribution in [0.2, 0.25) is 0 Å². The fourth-order valence-electron chi connectivity index (χ4n) is 1.79. The quantitative estimate of drug-likeness (QED) is 0.742. The third-order valence-corrected chi connectivity index (χ3v) is 3.71. The summed E-state index contributed by atoms with van der Waals surface area (Å²) in [6.45, 7) is 4.07. The molecule has 2 unspecified atom stereocenters. The maximum Gasteiger partial charge on any atom is 0.0772 e. The minimum atomic E-state index is -0.340. The molecule has 13 heavy (non-hydrogen) atoms. The number of rotatable bonds is 1. The van der Waals surface area contributed by atoms with Gasteiger partial charge in [-0.1, -0.05) is 25.1 Å². The Kier molecular flexibility index (Phi) is 2.35. The van der Waals surface area contributed by atoms with Crippen LogP contribution in [0.5, 0.6) is 0 Å². The molecule has 1 aromatic carbocycles. The number of thioether (sulfide) groups is 1. The Morgan fingerprint density at radius 2 is 2.31 bits per heavy atom. The van der Waals surface area contributed by atoms with Crippen molar-refractivity contribution in [3.8, 4) is 0 Å². The average Bonchev–Trinajstić information content (AvgIpc) is 2.43. The number of fused-ring (bicyclic) bond motifs is 1. The van der Waals surface area contributed by atoms with Crippen molar-refractivity contribution < 1.29 is 5.11 Å². The van der Waals surface area contributed by atoms with Gasteiger partial charge in [0.25, 0.3) is 0 Å². The summed E-state index contributed by atoms with van der Waals surface area (Å²) in [6, 6.07) is 6.23. The molecule has 1 aliphatic rings. The topological polar surface area (TPSA) is 20.2 Å². The lowest BCUT2D eigenvalue weighted by Crippen LogP contribution is -1.94. The molecule has 1 nitrogen and oxygen atoms in total. The van der Waals surface area contributed by atoms with Gasteiger partial charge < -0.3 is 5.11 Å². The second-order valence-electron chi connectivity index (χ2n) is 3.64. The van der Waals surface area contributed by atoms with Gasteiger partial charge in [0.15, 0.2) is 0 Å². The Labute approximate surface area is 83.2 Å². The normalized spacial score (nSPS) is 22.8. The van der Waals surface area contributed by atoms with Crippen LogP contribution in [0.25, 0.3) is 0 Å². The van der Waals surface area contributed by atoms with E-state index in [9.17, 15) is 5.11 Å². The van der Waals surface area contributed by atoms with Crippen molar-refractivity contribution in [1.29, 1.82) is 0 Å². The van der Waals surface area contributed by atoms with E-state index in [1.54, 1.807) is 0 Å². The van der Waals surface area contributed by atoms with Gasteiger partial charge in [0.05, 0.1) is 6.10 Å². The molecule has 1 aliphatic heterocycles. The molecule has 0 bridgehead atoms. The molecule has 2 rings (SSSR count). The molecule has 0 fully saturated rings. The minimum Gasteiger partial charge on any atom is -0.389 e. The van der Waals surface area contributed by atoms with E-state index >= 15 is 0 Å². The summed E-state index contributed by atoms with van der Waals surface area (Å²) in [7, 11) is 0. The first-order valence-electron chi connectivity index (χ1n) is 4.65. The molecule has 2 atom stereocenters. The van der Waals surface area contributed by atoms with E-state index in [0.29, 0.717) is 5.25 Å². The monoisotopic (exact) mass is 194 g/mol. The van der Waals surface area contributed by atoms with Gasteiger partial charge in [0.1, 0.15) is 0 Å². The summed E-state index contributed by atoms with van der Waals surface area (Å²) in [6.07, 6.45) is 0.799. The number of benzene rings is 1. The van der Waals surface area contributed by atoms with Crippen LogP contribution in [0, 0.1) is 0 Å². The third kappa shape index (κ3) is 1.61. The first-order chi connectivity index (χ1) is 6.18. The smallest absolute Gasteiger partial charge is 0.0772 e. The highest BCUT2D eigenvalue weighted by molar-refractivity contribution is 8.00. The van der Waals surface area contributed by atoms with Crippen LogP contribution in [0.1, 0.15) is 31.1 Å². The van der Waals surface area contributed by atoms with E-state index in [4.69, 9.17) is 0 Å². The lowest BCUT2D eigenvalue weighted by Gasteiger charge is -2.09. The molecule has 0 saturated heterocycles. The Balaban J connectivity index is 2.45. The van der Waals surface area contributed by atoms with Gasteiger partial charge in [-0.25, -0.2) is 0 Å². The fourth-order valence-corrected chi connectivity index (χ4v) is 3.13. The predicted octanol–water partition coefficient (Wildman–Crippen LogP) is 2.78. The van der Waals surface area contributed by atoms with Crippen molar-refractivity contribution in [2.24, 2.45) is 0 Å². The number of hydrogen-bond donors (Lipinski definition) is 1. The second-order valence-corrected chi connectivity index (χ2v) is 5.09. The summed E-state index contributed by atoms with van der Waals surface area (Å²) < 4.78 is 0. The molecule has 1 heterocycles. The van der Waals surface area contributed by atoms with Gasteiger partial charge in [-0.3, -0.25) is 0 Å². The molecule has 0 saturated carbocycles. The zero-order chi connectivity index (χ0) is 9.42. The Hall–Kier alpha value is -0.470. The second kappa shape index (κ2) is 3.35.